The zero-order valence-electron chi connectivity index (χ0n) is 12.5. The second kappa shape index (κ2) is 7.20. The highest BCUT2D eigenvalue weighted by Crippen LogP contribution is 2.26. The van der Waals surface area contributed by atoms with E-state index in [2.05, 4.69) is 35.0 Å². The second-order valence-corrected chi connectivity index (χ2v) is 6.75. The van der Waals surface area contributed by atoms with E-state index in [1.165, 1.54) is 24.8 Å². The highest BCUT2D eigenvalue weighted by atomic mass is 32.1. The van der Waals surface area contributed by atoms with Crippen LogP contribution in [0.3, 0.4) is 0 Å². The van der Waals surface area contributed by atoms with Crippen molar-refractivity contribution in [2.24, 2.45) is 0 Å². The average molecular weight is 296 g/mol. The lowest BCUT2D eigenvalue weighted by molar-refractivity contribution is -0.139. The molecule has 1 aromatic heterocycles. The van der Waals surface area contributed by atoms with Gasteiger partial charge in [-0.2, -0.15) is 0 Å². The Hall–Kier alpha value is -0.910. The van der Waals surface area contributed by atoms with Crippen molar-refractivity contribution in [3.8, 4) is 0 Å². The molecule has 2 rings (SSSR count). The Morgan fingerprint density at radius 1 is 1.50 bits per heavy atom. The molecule has 20 heavy (non-hydrogen) atoms. The monoisotopic (exact) mass is 296 g/mol. The summed E-state index contributed by atoms with van der Waals surface area (Å²) in [5, 5.41) is 3.50. The molecule has 1 atom stereocenters. The fourth-order valence-corrected chi connectivity index (χ4v) is 3.19. The van der Waals surface area contributed by atoms with Crippen molar-refractivity contribution in [2.45, 2.75) is 44.8 Å². The third-order valence-electron chi connectivity index (χ3n) is 3.82. The molecule has 0 saturated heterocycles. The zero-order chi connectivity index (χ0) is 14.5. The molecule has 1 aliphatic carbocycles. The van der Waals surface area contributed by atoms with E-state index in [0.717, 1.165) is 24.0 Å². The van der Waals surface area contributed by atoms with E-state index in [0.29, 0.717) is 12.5 Å². The van der Waals surface area contributed by atoms with Gasteiger partial charge in [-0.05, 0) is 38.9 Å². The second-order valence-electron chi connectivity index (χ2n) is 5.50. The summed E-state index contributed by atoms with van der Waals surface area (Å²) < 4.78 is 4.68. The summed E-state index contributed by atoms with van der Waals surface area (Å²) in [6, 6.07) is 5.47. The van der Waals surface area contributed by atoms with Crippen molar-refractivity contribution in [1.29, 1.82) is 0 Å². The molecular weight excluding hydrogens is 272 g/mol. The average Bonchev–Trinajstić information content (AvgIpc) is 3.20. The Morgan fingerprint density at radius 2 is 2.20 bits per heavy atom. The molecule has 0 radical (unpaired) electrons. The van der Waals surface area contributed by atoms with E-state index in [9.17, 15) is 4.79 Å². The molecule has 1 fully saturated rings. The molecule has 0 aromatic carbocycles. The number of likely N-dealkylation sites (N-methyl/N-ethyl adjacent to an activating group) is 1. The first kappa shape index (κ1) is 15.5. The highest BCUT2D eigenvalue weighted by Gasteiger charge is 2.28. The molecule has 1 N–H and O–H groups in total. The molecule has 1 aliphatic rings. The van der Waals surface area contributed by atoms with E-state index in [4.69, 9.17) is 0 Å². The lowest BCUT2D eigenvalue weighted by Crippen LogP contribution is -2.38. The van der Waals surface area contributed by atoms with Gasteiger partial charge in [0.15, 0.2) is 0 Å². The number of ether oxygens (including phenoxy) is 1. The standard InChI is InChI=1S/C15H24N2O2S/c1-11(17(2)12-4-5-12)9-16-10-14-7-6-13(20-14)8-15(18)19-3/h6-7,11-12,16H,4-5,8-10H2,1-3H3. The summed E-state index contributed by atoms with van der Waals surface area (Å²) in [6.07, 6.45) is 3.08. The van der Waals surface area contributed by atoms with Crippen LogP contribution >= 0.6 is 11.3 Å². The normalized spacial score (nSPS) is 16.4. The number of hydrogen-bond acceptors (Lipinski definition) is 5. The highest BCUT2D eigenvalue weighted by molar-refractivity contribution is 7.12. The Bertz CT molecular complexity index is 443. The largest absolute Gasteiger partial charge is 0.469 e. The summed E-state index contributed by atoms with van der Waals surface area (Å²) in [4.78, 5) is 16.0. The summed E-state index contributed by atoms with van der Waals surface area (Å²) in [5.41, 5.74) is 0. The van der Waals surface area contributed by atoms with Crippen LogP contribution in [0.2, 0.25) is 0 Å². The van der Waals surface area contributed by atoms with Gasteiger partial charge in [-0.15, -0.1) is 11.3 Å². The van der Waals surface area contributed by atoms with Crippen LogP contribution in [0.25, 0.3) is 0 Å². The number of rotatable bonds is 8. The van der Waals surface area contributed by atoms with Crippen molar-refractivity contribution in [2.75, 3.05) is 20.7 Å². The summed E-state index contributed by atoms with van der Waals surface area (Å²) >= 11 is 1.68. The lowest BCUT2D eigenvalue weighted by atomic mass is 10.3. The fourth-order valence-electron chi connectivity index (χ4n) is 2.22. The number of thiophene rings is 1. The fraction of sp³-hybridized carbons (Fsp3) is 0.667. The number of carbonyl (C=O) groups is 1. The maximum atomic E-state index is 11.2. The van der Waals surface area contributed by atoms with Gasteiger partial charge in [-0.1, -0.05) is 0 Å². The minimum Gasteiger partial charge on any atom is -0.469 e. The summed E-state index contributed by atoms with van der Waals surface area (Å²) in [7, 11) is 3.64. The first-order valence-electron chi connectivity index (χ1n) is 7.17. The number of hydrogen-bond donors (Lipinski definition) is 1. The van der Waals surface area contributed by atoms with Crippen molar-refractivity contribution < 1.29 is 9.53 Å². The van der Waals surface area contributed by atoms with E-state index in [1.54, 1.807) is 11.3 Å². The van der Waals surface area contributed by atoms with E-state index >= 15 is 0 Å². The minimum atomic E-state index is -0.175. The van der Waals surface area contributed by atoms with E-state index < -0.39 is 0 Å². The van der Waals surface area contributed by atoms with Gasteiger partial charge < -0.3 is 10.1 Å². The Morgan fingerprint density at radius 3 is 2.85 bits per heavy atom. The smallest absolute Gasteiger partial charge is 0.310 e. The SMILES string of the molecule is COC(=O)Cc1ccc(CNCC(C)N(C)C2CC2)s1. The van der Waals surface area contributed by atoms with Gasteiger partial charge in [0.05, 0.1) is 13.5 Å². The van der Waals surface area contributed by atoms with Crippen molar-refractivity contribution in [1.82, 2.24) is 10.2 Å². The van der Waals surface area contributed by atoms with Crippen LogP contribution < -0.4 is 5.32 Å². The number of esters is 1. The van der Waals surface area contributed by atoms with Gasteiger partial charge in [-0.25, -0.2) is 0 Å². The van der Waals surface area contributed by atoms with Crippen LogP contribution in [0.5, 0.6) is 0 Å². The molecule has 0 spiro atoms. The van der Waals surface area contributed by atoms with E-state index in [-0.39, 0.29) is 5.97 Å². The maximum absolute atomic E-state index is 11.2. The number of methoxy groups -OCH3 is 1. The van der Waals surface area contributed by atoms with Gasteiger partial charge in [0.1, 0.15) is 0 Å². The maximum Gasteiger partial charge on any atom is 0.310 e. The molecule has 112 valence electrons. The molecule has 0 bridgehead atoms. The van der Waals surface area contributed by atoms with Gasteiger partial charge in [0, 0.05) is 34.9 Å². The molecule has 5 heteroatoms. The molecule has 0 amide bonds. The number of carbonyl (C=O) groups excluding carboxylic acids is 1. The first-order valence-corrected chi connectivity index (χ1v) is 7.99. The predicted molar refractivity (Wildman–Crippen MR) is 82.0 cm³/mol. The summed E-state index contributed by atoms with van der Waals surface area (Å²) in [6.45, 7) is 4.13. The lowest BCUT2D eigenvalue weighted by Gasteiger charge is -2.24. The number of nitrogens with zero attached hydrogens (tertiary/aromatic N) is 1. The van der Waals surface area contributed by atoms with Gasteiger partial charge in [0.2, 0.25) is 0 Å². The van der Waals surface area contributed by atoms with Crippen molar-refractivity contribution in [3.63, 3.8) is 0 Å². The molecule has 4 nitrogen and oxygen atoms in total. The molecule has 1 aromatic rings. The van der Waals surface area contributed by atoms with E-state index in [1.807, 2.05) is 6.07 Å². The molecular formula is C15H24N2O2S. The summed E-state index contributed by atoms with van der Waals surface area (Å²) in [5.74, 6) is -0.175. The third kappa shape index (κ3) is 4.58. The van der Waals surface area contributed by atoms with Crippen LogP contribution in [-0.2, 0) is 22.5 Å². The van der Waals surface area contributed by atoms with Crippen LogP contribution in [0.4, 0.5) is 0 Å². The minimum absolute atomic E-state index is 0.175. The Balaban J connectivity index is 1.69. The van der Waals surface area contributed by atoms with Gasteiger partial charge >= 0.3 is 5.97 Å². The van der Waals surface area contributed by atoms with Crippen LogP contribution in [0, 0.1) is 0 Å². The third-order valence-corrected chi connectivity index (χ3v) is 4.91. The van der Waals surface area contributed by atoms with Crippen LogP contribution in [0.15, 0.2) is 12.1 Å². The molecule has 0 aliphatic heterocycles. The molecule has 1 heterocycles. The van der Waals surface area contributed by atoms with Crippen LogP contribution in [0.1, 0.15) is 29.5 Å². The number of nitrogens with one attached hydrogen (secondary N) is 1. The van der Waals surface area contributed by atoms with Gasteiger partial charge in [0.25, 0.3) is 0 Å². The van der Waals surface area contributed by atoms with Crippen LogP contribution in [-0.4, -0.2) is 43.7 Å². The van der Waals surface area contributed by atoms with Crippen molar-refractivity contribution >= 4 is 17.3 Å². The molecule has 1 unspecified atom stereocenters. The quantitative estimate of drug-likeness (QED) is 0.745. The Labute approximate surface area is 125 Å². The topological polar surface area (TPSA) is 41.6 Å². The Kier molecular flexibility index (Phi) is 5.57. The predicted octanol–water partition coefficient (Wildman–Crippen LogP) is 2.04. The van der Waals surface area contributed by atoms with Gasteiger partial charge in [-0.3, -0.25) is 9.69 Å². The zero-order valence-corrected chi connectivity index (χ0v) is 13.3. The first-order chi connectivity index (χ1) is 9.60. The van der Waals surface area contributed by atoms with Crippen molar-refractivity contribution in [3.05, 3.63) is 21.9 Å². The molecule has 1 saturated carbocycles.